The quantitative estimate of drug-likeness (QED) is 0.632. The molecule has 0 bridgehead atoms. The van der Waals surface area contributed by atoms with Gasteiger partial charge in [-0.2, -0.15) is 0 Å². The van der Waals surface area contributed by atoms with Crippen molar-refractivity contribution in [3.8, 4) is 0 Å². The first-order chi connectivity index (χ1) is 10.0. The molecule has 0 radical (unpaired) electrons. The second-order valence-electron chi connectivity index (χ2n) is 5.57. The summed E-state index contributed by atoms with van der Waals surface area (Å²) >= 11 is 0. The van der Waals surface area contributed by atoms with Crippen LogP contribution in [0.25, 0.3) is 0 Å². The van der Waals surface area contributed by atoms with E-state index in [1.165, 1.54) is 0 Å². The highest BCUT2D eigenvalue weighted by atomic mass is 16.5. The summed E-state index contributed by atoms with van der Waals surface area (Å²) in [4.78, 5) is 23.4. The van der Waals surface area contributed by atoms with Gasteiger partial charge in [-0.15, -0.1) is 0 Å². The Morgan fingerprint density at radius 2 is 1.90 bits per heavy atom. The van der Waals surface area contributed by atoms with Crippen molar-refractivity contribution in [2.24, 2.45) is 5.41 Å². The smallest absolute Gasteiger partial charge is 0.311 e. The molecule has 0 aromatic carbocycles. The minimum Gasteiger partial charge on any atom is -0.481 e. The van der Waals surface area contributed by atoms with Crippen molar-refractivity contribution in [3.63, 3.8) is 0 Å². The molecule has 0 heterocycles. The normalized spacial score (nSPS) is 19.0. The molecule has 122 valence electrons. The summed E-state index contributed by atoms with van der Waals surface area (Å²) in [5.41, 5.74) is -0.807. The van der Waals surface area contributed by atoms with Gasteiger partial charge in [0.2, 0.25) is 5.91 Å². The van der Waals surface area contributed by atoms with Crippen molar-refractivity contribution in [2.75, 3.05) is 26.4 Å². The maximum atomic E-state index is 11.9. The minimum absolute atomic E-state index is 0.181. The molecule has 1 atom stereocenters. The van der Waals surface area contributed by atoms with Crippen LogP contribution in [0.4, 0.5) is 0 Å². The number of nitrogens with one attached hydrogen (secondary N) is 1. The molecule has 1 unspecified atom stereocenters. The van der Waals surface area contributed by atoms with Crippen LogP contribution < -0.4 is 5.32 Å². The van der Waals surface area contributed by atoms with E-state index < -0.39 is 17.5 Å². The number of rotatable bonds is 9. The van der Waals surface area contributed by atoms with Crippen molar-refractivity contribution in [1.82, 2.24) is 5.32 Å². The van der Waals surface area contributed by atoms with Crippen molar-refractivity contribution in [2.45, 2.75) is 52.1 Å². The van der Waals surface area contributed by atoms with Gasteiger partial charge >= 0.3 is 5.97 Å². The Hall–Kier alpha value is -1.14. The molecule has 0 aliphatic heterocycles. The van der Waals surface area contributed by atoms with E-state index in [9.17, 15) is 14.7 Å². The third-order valence-electron chi connectivity index (χ3n) is 4.03. The first kappa shape index (κ1) is 17.9. The first-order valence-electron chi connectivity index (χ1n) is 7.72. The van der Waals surface area contributed by atoms with Crippen molar-refractivity contribution in [1.29, 1.82) is 0 Å². The predicted molar refractivity (Wildman–Crippen MR) is 78.1 cm³/mol. The van der Waals surface area contributed by atoms with Crippen molar-refractivity contribution < 1.29 is 24.2 Å². The lowest BCUT2D eigenvalue weighted by Crippen LogP contribution is -2.47. The Labute approximate surface area is 126 Å². The Morgan fingerprint density at radius 3 is 2.48 bits per heavy atom. The summed E-state index contributed by atoms with van der Waals surface area (Å²) < 4.78 is 10.5. The number of ether oxygens (including phenoxy) is 2. The molecule has 1 aliphatic carbocycles. The second-order valence-corrected chi connectivity index (χ2v) is 5.57. The van der Waals surface area contributed by atoms with Crippen molar-refractivity contribution >= 4 is 11.9 Å². The van der Waals surface area contributed by atoms with E-state index in [-0.39, 0.29) is 12.5 Å². The van der Waals surface area contributed by atoms with Crippen LogP contribution in [0.5, 0.6) is 0 Å². The molecule has 0 aromatic rings. The zero-order chi connectivity index (χ0) is 15.7. The number of carbonyl (C=O) groups is 2. The Kier molecular flexibility index (Phi) is 7.67. The lowest BCUT2D eigenvalue weighted by molar-refractivity contribution is -0.151. The summed E-state index contributed by atoms with van der Waals surface area (Å²) in [7, 11) is 0. The summed E-state index contributed by atoms with van der Waals surface area (Å²) in [6, 6.07) is 0. The molecule has 1 aliphatic rings. The molecule has 0 saturated heterocycles. The third kappa shape index (κ3) is 5.63. The fourth-order valence-electron chi connectivity index (χ4n) is 2.60. The van der Waals surface area contributed by atoms with Gasteiger partial charge in [0.05, 0.1) is 18.6 Å². The van der Waals surface area contributed by atoms with Crippen LogP contribution in [0.3, 0.4) is 0 Å². The van der Waals surface area contributed by atoms with Gasteiger partial charge in [-0.1, -0.05) is 19.3 Å². The number of hydrogen-bond acceptors (Lipinski definition) is 4. The van der Waals surface area contributed by atoms with Crippen LogP contribution in [-0.2, 0) is 19.1 Å². The van der Waals surface area contributed by atoms with Crippen LogP contribution in [-0.4, -0.2) is 49.5 Å². The highest BCUT2D eigenvalue weighted by molar-refractivity contribution is 5.82. The predicted octanol–water partition coefficient (Wildman–Crippen LogP) is 1.58. The maximum absolute atomic E-state index is 11.9. The number of aliphatic carboxylic acids is 1. The molecule has 1 rings (SSSR count). The van der Waals surface area contributed by atoms with E-state index in [4.69, 9.17) is 9.47 Å². The average molecular weight is 301 g/mol. The van der Waals surface area contributed by atoms with E-state index in [2.05, 4.69) is 5.32 Å². The summed E-state index contributed by atoms with van der Waals surface area (Å²) in [5, 5.41) is 12.2. The van der Waals surface area contributed by atoms with E-state index in [1.54, 1.807) is 6.92 Å². The molecule has 6 heteroatoms. The maximum Gasteiger partial charge on any atom is 0.311 e. The molecule has 0 aromatic heterocycles. The van der Waals surface area contributed by atoms with Crippen LogP contribution >= 0.6 is 0 Å². The van der Waals surface area contributed by atoms with Crippen LogP contribution in [0.15, 0.2) is 0 Å². The zero-order valence-corrected chi connectivity index (χ0v) is 13.0. The number of carboxylic acids is 1. The first-order valence-corrected chi connectivity index (χ1v) is 7.72. The Morgan fingerprint density at radius 1 is 1.24 bits per heavy atom. The van der Waals surface area contributed by atoms with Crippen molar-refractivity contribution in [3.05, 3.63) is 0 Å². The molecule has 0 spiro atoms. The van der Waals surface area contributed by atoms with E-state index >= 15 is 0 Å². The monoisotopic (exact) mass is 301 g/mol. The SMILES string of the molecule is CCOCCOC(C)C(=O)NCC1(C(=O)O)CCCCC1. The standard InChI is InChI=1S/C15H27NO5/c1-3-20-9-10-21-12(2)13(17)16-11-15(14(18)19)7-5-4-6-8-15/h12H,3-11H2,1-2H3,(H,16,17)(H,18,19). The second kappa shape index (κ2) is 9.00. The topological polar surface area (TPSA) is 84.9 Å². The van der Waals surface area contributed by atoms with Gasteiger partial charge in [0, 0.05) is 13.2 Å². The van der Waals surface area contributed by atoms with E-state index in [0.717, 1.165) is 19.3 Å². The largest absolute Gasteiger partial charge is 0.481 e. The zero-order valence-electron chi connectivity index (χ0n) is 13.0. The molecule has 1 fully saturated rings. The van der Waals surface area contributed by atoms with Gasteiger partial charge < -0.3 is 19.9 Å². The molecular formula is C15H27NO5. The summed E-state index contributed by atoms with van der Waals surface area (Å²) in [6.07, 6.45) is 3.54. The van der Waals surface area contributed by atoms with Gasteiger partial charge in [0.25, 0.3) is 0 Å². The molecule has 6 nitrogen and oxygen atoms in total. The summed E-state index contributed by atoms with van der Waals surface area (Å²) in [6.45, 7) is 5.16. The highest BCUT2D eigenvalue weighted by Crippen LogP contribution is 2.36. The van der Waals surface area contributed by atoms with E-state index in [0.29, 0.717) is 32.7 Å². The highest BCUT2D eigenvalue weighted by Gasteiger charge is 2.40. The molecule has 1 saturated carbocycles. The molecule has 1 amide bonds. The van der Waals surface area contributed by atoms with Crippen LogP contribution in [0.2, 0.25) is 0 Å². The van der Waals surface area contributed by atoms with Crippen LogP contribution in [0.1, 0.15) is 46.0 Å². The third-order valence-corrected chi connectivity index (χ3v) is 4.03. The number of hydrogen-bond donors (Lipinski definition) is 2. The van der Waals surface area contributed by atoms with Gasteiger partial charge in [-0.25, -0.2) is 0 Å². The Bertz CT molecular complexity index is 339. The minimum atomic E-state index is -0.813. The Balaban J connectivity index is 2.37. The van der Waals surface area contributed by atoms with E-state index in [1.807, 2.05) is 6.92 Å². The van der Waals surface area contributed by atoms with Gasteiger partial charge in [-0.05, 0) is 26.7 Å². The number of carbonyl (C=O) groups excluding carboxylic acids is 1. The van der Waals surface area contributed by atoms with Gasteiger partial charge in [0.15, 0.2) is 0 Å². The number of amides is 1. The summed E-state index contributed by atoms with van der Waals surface area (Å²) in [5.74, 6) is -1.08. The fourth-order valence-corrected chi connectivity index (χ4v) is 2.60. The lowest BCUT2D eigenvalue weighted by atomic mass is 9.74. The molecular weight excluding hydrogens is 274 g/mol. The lowest BCUT2D eigenvalue weighted by Gasteiger charge is -2.33. The molecule has 21 heavy (non-hydrogen) atoms. The fraction of sp³-hybridized carbons (Fsp3) is 0.867. The molecule has 2 N–H and O–H groups in total. The number of carboxylic acid groups (broad SMARTS) is 1. The van der Waals surface area contributed by atoms with Gasteiger partial charge in [-0.3, -0.25) is 9.59 Å². The van der Waals surface area contributed by atoms with Gasteiger partial charge in [0.1, 0.15) is 6.10 Å². The average Bonchev–Trinajstić information content (AvgIpc) is 2.49. The van der Waals surface area contributed by atoms with Crippen LogP contribution in [0, 0.1) is 5.41 Å².